The van der Waals surface area contributed by atoms with E-state index in [0.29, 0.717) is 0 Å². The number of pyridine rings is 1. The van der Waals surface area contributed by atoms with Gasteiger partial charge in [0.25, 0.3) is 0 Å². The van der Waals surface area contributed by atoms with Gasteiger partial charge in [-0.15, -0.1) is 0 Å². The zero-order valence-electron chi connectivity index (χ0n) is 16.1. The Labute approximate surface area is 163 Å². The fraction of sp³-hybridized carbons (Fsp3) is 0.762. The van der Waals surface area contributed by atoms with Crippen molar-refractivity contribution in [2.75, 3.05) is 0 Å². The molecule has 1 rings (SSSR count). The summed E-state index contributed by atoms with van der Waals surface area (Å²) in [5, 5.41) is 0. The Bertz CT molecular complexity index is 332. The number of rotatable bonds is 15. The van der Waals surface area contributed by atoms with E-state index in [4.69, 9.17) is 0 Å². The molecule has 0 bridgehead atoms. The van der Waals surface area contributed by atoms with Gasteiger partial charge in [0.2, 0.25) is 0 Å². The molecule has 1 aromatic heterocycles. The van der Waals surface area contributed by atoms with E-state index in [1.54, 1.807) is 0 Å². The molecule has 0 unspecified atom stereocenters. The molecule has 0 spiro atoms. The van der Waals surface area contributed by atoms with E-state index in [1.807, 2.05) is 0 Å². The smallest absolute Gasteiger partial charge is 0.168 e. The van der Waals surface area contributed by atoms with Crippen molar-refractivity contribution in [1.29, 1.82) is 0 Å². The van der Waals surface area contributed by atoms with E-state index in [2.05, 4.69) is 42.1 Å². The number of aromatic nitrogens is 1. The van der Waals surface area contributed by atoms with Crippen molar-refractivity contribution in [3.8, 4) is 0 Å². The molecule has 1 heterocycles. The van der Waals surface area contributed by atoms with Crippen LogP contribution < -0.4 is 4.57 Å². The quantitative estimate of drug-likeness (QED) is 0.198. The van der Waals surface area contributed by atoms with Crippen molar-refractivity contribution in [3.63, 3.8) is 0 Å². The average Bonchev–Trinajstić information content (AvgIpc) is 2.56. The van der Waals surface area contributed by atoms with Crippen LogP contribution in [0.5, 0.6) is 0 Å². The third kappa shape index (κ3) is 16.6. The largest absolute Gasteiger partial charge is 0.870 e. The molecule has 0 saturated carbocycles. The Kier molecular flexibility index (Phi) is 22.5. The Balaban J connectivity index is 0. The Hall–Kier alpha value is -0.267. The average molecular weight is 387 g/mol. The van der Waals surface area contributed by atoms with E-state index < -0.39 is 0 Å². The van der Waals surface area contributed by atoms with Gasteiger partial charge in [0.15, 0.2) is 12.4 Å². The molecule has 0 fully saturated rings. The summed E-state index contributed by atoms with van der Waals surface area (Å²) in [5.41, 5.74) is 0. The number of hydrogen-bond donors (Lipinski definition) is 0. The maximum absolute atomic E-state index is 2.29. The number of unbranched alkanes of at least 4 members (excludes halogenated alkanes) is 13. The topological polar surface area (TPSA) is 33.9 Å². The normalized spacial score (nSPS) is 10.0. The van der Waals surface area contributed by atoms with Gasteiger partial charge in [-0.1, -0.05) is 90.0 Å². The van der Waals surface area contributed by atoms with Gasteiger partial charge in [-0.25, -0.2) is 4.57 Å². The molecule has 1 aromatic rings. The van der Waals surface area contributed by atoms with E-state index >= 15 is 0 Å². The van der Waals surface area contributed by atoms with Crippen LogP contribution >= 0.6 is 0 Å². The van der Waals surface area contributed by atoms with E-state index in [-0.39, 0.29) is 25.0 Å². The predicted molar refractivity (Wildman–Crippen MR) is 98.9 cm³/mol. The molecule has 0 radical (unpaired) electrons. The minimum Gasteiger partial charge on any atom is -0.870 e. The molecule has 0 aliphatic carbocycles. The van der Waals surface area contributed by atoms with Crippen LogP contribution in [0.4, 0.5) is 0 Å². The van der Waals surface area contributed by atoms with Gasteiger partial charge in [-0.3, -0.25) is 0 Å². The maximum Gasteiger partial charge on any atom is 0.168 e. The molecule has 0 atom stereocenters. The standard InChI is InChI=1S/C21H38N.H2O.Zn/c1-2-3-4-5-6-7-8-9-10-11-12-13-14-16-19-22-20-17-15-18-21-22;;/h15,17-18,20-21H,2-14,16,19H2,1H3;1H2;/q+1;;/p-1. The second kappa shape index (κ2) is 20.8. The first-order chi connectivity index (χ1) is 10.9. The Morgan fingerprint density at radius 3 is 1.33 bits per heavy atom. The number of nitrogens with zero attached hydrogens (tertiary/aromatic N) is 1. The second-order valence-corrected chi connectivity index (χ2v) is 6.71. The van der Waals surface area contributed by atoms with Gasteiger partial charge >= 0.3 is 0 Å². The summed E-state index contributed by atoms with van der Waals surface area (Å²) in [7, 11) is 0. The minimum absolute atomic E-state index is 0. The Morgan fingerprint density at radius 1 is 0.542 bits per heavy atom. The predicted octanol–water partition coefficient (Wildman–Crippen LogP) is 6.28. The summed E-state index contributed by atoms with van der Waals surface area (Å²) in [5.74, 6) is 0. The molecule has 0 amide bonds. The second-order valence-electron chi connectivity index (χ2n) is 6.71. The zero-order chi connectivity index (χ0) is 15.7. The monoisotopic (exact) mass is 385 g/mol. The summed E-state index contributed by atoms with van der Waals surface area (Å²) in [6.45, 7) is 3.47. The van der Waals surface area contributed by atoms with Gasteiger partial charge < -0.3 is 5.48 Å². The van der Waals surface area contributed by atoms with Crippen molar-refractivity contribution < 1.29 is 29.5 Å². The summed E-state index contributed by atoms with van der Waals surface area (Å²) >= 11 is 0. The molecule has 0 aliphatic rings. The molecule has 0 saturated heterocycles. The van der Waals surface area contributed by atoms with Crippen LogP contribution in [-0.2, 0) is 26.0 Å². The SMILES string of the molecule is CCCCCCCCCCCCCCCC[n+]1ccccc1.[OH-].[Zn]. The van der Waals surface area contributed by atoms with Crippen molar-refractivity contribution in [2.45, 2.75) is 103 Å². The van der Waals surface area contributed by atoms with E-state index in [9.17, 15) is 0 Å². The first kappa shape index (κ1) is 26.0. The minimum atomic E-state index is 0. The molecule has 0 aromatic carbocycles. The summed E-state index contributed by atoms with van der Waals surface area (Å²) < 4.78 is 2.29. The maximum atomic E-state index is 2.29. The fourth-order valence-electron chi connectivity index (χ4n) is 3.07. The molecule has 1 N–H and O–H groups in total. The summed E-state index contributed by atoms with van der Waals surface area (Å²) in [6, 6.07) is 6.31. The molecule has 2 nitrogen and oxygen atoms in total. The van der Waals surface area contributed by atoms with Crippen LogP contribution in [0, 0.1) is 0 Å². The van der Waals surface area contributed by atoms with Crippen LogP contribution in [-0.4, -0.2) is 5.48 Å². The van der Waals surface area contributed by atoms with E-state index in [0.717, 1.165) is 0 Å². The molecule has 3 heteroatoms. The molecular weight excluding hydrogens is 348 g/mol. The number of aryl methyl sites for hydroxylation is 1. The summed E-state index contributed by atoms with van der Waals surface area (Å²) in [6.07, 6.45) is 24.4. The first-order valence-corrected chi connectivity index (χ1v) is 9.87. The number of hydrogen-bond acceptors (Lipinski definition) is 1. The van der Waals surface area contributed by atoms with Crippen molar-refractivity contribution in [3.05, 3.63) is 30.6 Å². The fourth-order valence-corrected chi connectivity index (χ4v) is 3.07. The molecule has 0 aliphatic heterocycles. The van der Waals surface area contributed by atoms with Gasteiger partial charge in [-0.05, 0) is 6.42 Å². The first-order valence-electron chi connectivity index (χ1n) is 9.87. The van der Waals surface area contributed by atoms with Gasteiger partial charge in [0, 0.05) is 38.0 Å². The van der Waals surface area contributed by atoms with E-state index in [1.165, 1.54) is 96.4 Å². The van der Waals surface area contributed by atoms with Crippen LogP contribution in [0.3, 0.4) is 0 Å². The third-order valence-corrected chi connectivity index (χ3v) is 4.55. The van der Waals surface area contributed by atoms with Gasteiger partial charge in [0.05, 0.1) is 0 Å². The molecular formula is C21H39NOZn. The molecule has 136 valence electrons. The Morgan fingerprint density at radius 2 is 0.917 bits per heavy atom. The van der Waals surface area contributed by atoms with Crippen LogP contribution in [0.25, 0.3) is 0 Å². The molecule has 24 heavy (non-hydrogen) atoms. The van der Waals surface area contributed by atoms with Crippen molar-refractivity contribution in [2.24, 2.45) is 0 Å². The van der Waals surface area contributed by atoms with Crippen LogP contribution in [0.15, 0.2) is 30.6 Å². The van der Waals surface area contributed by atoms with Gasteiger partial charge in [0.1, 0.15) is 6.54 Å². The zero-order valence-corrected chi connectivity index (χ0v) is 19.1. The van der Waals surface area contributed by atoms with Gasteiger partial charge in [-0.2, -0.15) is 0 Å². The van der Waals surface area contributed by atoms with Crippen LogP contribution in [0.2, 0.25) is 0 Å². The summed E-state index contributed by atoms with van der Waals surface area (Å²) in [4.78, 5) is 0. The van der Waals surface area contributed by atoms with Crippen molar-refractivity contribution >= 4 is 0 Å². The van der Waals surface area contributed by atoms with Crippen LogP contribution in [0.1, 0.15) is 96.8 Å². The third-order valence-electron chi connectivity index (χ3n) is 4.55. The van der Waals surface area contributed by atoms with Crippen molar-refractivity contribution in [1.82, 2.24) is 0 Å².